The van der Waals surface area contributed by atoms with Gasteiger partial charge in [-0.1, -0.05) is 0 Å². The van der Waals surface area contributed by atoms with Crippen LogP contribution >= 0.6 is 0 Å². The number of amides is 1. The van der Waals surface area contributed by atoms with Crippen molar-refractivity contribution in [3.05, 3.63) is 0 Å². The van der Waals surface area contributed by atoms with Gasteiger partial charge in [0.1, 0.15) is 0 Å². The fraction of sp³-hybridized carbons (Fsp3) is 0.867. The van der Waals surface area contributed by atoms with E-state index in [2.05, 4.69) is 10.3 Å². The highest BCUT2D eigenvalue weighted by molar-refractivity contribution is 5.86. The summed E-state index contributed by atoms with van der Waals surface area (Å²) in [6.07, 6.45) is 0. The van der Waals surface area contributed by atoms with Crippen molar-refractivity contribution in [2.24, 2.45) is 4.99 Å². The summed E-state index contributed by atoms with van der Waals surface area (Å²) in [5.74, 6) is 0.827. The molecule has 0 aliphatic carbocycles. The molecule has 0 aromatic rings. The standard InChI is InChI=1S/C15H32N4O3/c1-6-16-15(17-9-10-22-12-11-21-5)18(4)13-14(20)19(7-2)8-3/h6-13H2,1-5H3,(H,16,17). The molecule has 0 fully saturated rings. The first-order valence-electron chi connectivity index (χ1n) is 7.94. The lowest BCUT2D eigenvalue weighted by Crippen LogP contribution is -2.45. The quantitative estimate of drug-likeness (QED) is 0.340. The zero-order valence-electron chi connectivity index (χ0n) is 14.7. The van der Waals surface area contributed by atoms with Gasteiger partial charge in [-0.05, 0) is 20.8 Å². The van der Waals surface area contributed by atoms with E-state index in [-0.39, 0.29) is 5.91 Å². The molecule has 7 heteroatoms. The van der Waals surface area contributed by atoms with E-state index in [9.17, 15) is 4.79 Å². The molecule has 0 radical (unpaired) electrons. The first-order chi connectivity index (χ1) is 10.6. The van der Waals surface area contributed by atoms with Gasteiger partial charge < -0.3 is 24.6 Å². The number of nitrogens with zero attached hydrogens (tertiary/aromatic N) is 3. The van der Waals surface area contributed by atoms with Crippen LogP contribution in [0.15, 0.2) is 4.99 Å². The number of ether oxygens (including phenoxy) is 2. The summed E-state index contributed by atoms with van der Waals surface area (Å²) in [5.41, 5.74) is 0. The number of aliphatic imine (C=N–C) groups is 1. The molecular formula is C15H32N4O3. The molecule has 0 rings (SSSR count). The van der Waals surface area contributed by atoms with E-state index in [1.54, 1.807) is 7.11 Å². The molecule has 1 amide bonds. The molecule has 0 spiro atoms. The fourth-order valence-electron chi connectivity index (χ4n) is 1.88. The van der Waals surface area contributed by atoms with Crippen LogP contribution in [0, 0.1) is 0 Å². The van der Waals surface area contributed by atoms with Gasteiger partial charge in [0, 0.05) is 33.8 Å². The van der Waals surface area contributed by atoms with Gasteiger partial charge >= 0.3 is 0 Å². The summed E-state index contributed by atoms with van der Waals surface area (Å²) < 4.78 is 10.3. The van der Waals surface area contributed by atoms with E-state index >= 15 is 0 Å². The molecule has 0 bridgehead atoms. The van der Waals surface area contributed by atoms with E-state index in [4.69, 9.17) is 9.47 Å². The van der Waals surface area contributed by atoms with E-state index in [1.165, 1.54) is 0 Å². The average molecular weight is 316 g/mol. The van der Waals surface area contributed by atoms with Gasteiger partial charge in [0.15, 0.2) is 5.96 Å². The second kappa shape index (κ2) is 13.3. The number of guanidine groups is 1. The number of hydrogen-bond donors (Lipinski definition) is 1. The Hall–Kier alpha value is -1.34. The zero-order valence-corrected chi connectivity index (χ0v) is 14.7. The molecule has 0 saturated heterocycles. The summed E-state index contributed by atoms with van der Waals surface area (Å²) in [7, 11) is 3.52. The monoisotopic (exact) mass is 316 g/mol. The molecule has 130 valence electrons. The molecule has 0 aliphatic rings. The smallest absolute Gasteiger partial charge is 0.242 e. The summed E-state index contributed by atoms with van der Waals surface area (Å²) in [4.78, 5) is 20.3. The van der Waals surface area contributed by atoms with E-state index in [1.807, 2.05) is 37.6 Å². The van der Waals surface area contributed by atoms with Crippen molar-refractivity contribution in [3.63, 3.8) is 0 Å². The summed E-state index contributed by atoms with van der Waals surface area (Å²) in [6.45, 7) is 10.7. The van der Waals surface area contributed by atoms with Gasteiger partial charge in [-0.25, -0.2) is 0 Å². The van der Waals surface area contributed by atoms with Crippen molar-refractivity contribution >= 4 is 11.9 Å². The fourth-order valence-corrected chi connectivity index (χ4v) is 1.88. The van der Waals surface area contributed by atoms with Crippen LogP contribution in [0.4, 0.5) is 0 Å². The Morgan fingerprint density at radius 1 is 1.14 bits per heavy atom. The third-order valence-corrected chi connectivity index (χ3v) is 3.11. The van der Waals surface area contributed by atoms with E-state index < -0.39 is 0 Å². The first-order valence-corrected chi connectivity index (χ1v) is 7.94. The lowest BCUT2D eigenvalue weighted by atomic mass is 10.4. The maximum Gasteiger partial charge on any atom is 0.242 e. The highest BCUT2D eigenvalue weighted by Crippen LogP contribution is 1.94. The lowest BCUT2D eigenvalue weighted by molar-refractivity contribution is -0.131. The van der Waals surface area contributed by atoms with Crippen molar-refractivity contribution in [1.29, 1.82) is 0 Å². The minimum atomic E-state index is 0.106. The molecule has 0 saturated carbocycles. The van der Waals surface area contributed by atoms with E-state index in [0.717, 1.165) is 25.6 Å². The highest BCUT2D eigenvalue weighted by atomic mass is 16.5. The number of rotatable bonds is 11. The first kappa shape index (κ1) is 20.7. The van der Waals surface area contributed by atoms with Crippen molar-refractivity contribution in [2.45, 2.75) is 20.8 Å². The Balaban J connectivity index is 4.36. The third-order valence-electron chi connectivity index (χ3n) is 3.11. The molecule has 7 nitrogen and oxygen atoms in total. The number of likely N-dealkylation sites (N-methyl/N-ethyl adjacent to an activating group) is 2. The predicted octanol–water partition coefficient (Wildman–Crippen LogP) is 0.415. The molecule has 0 atom stereocenters. The highest BCUT2D eigenvalue weighted by Gasteiger charge is 2.14. The van der Waals surface area contributed by atoms with Crippen molar-refractivity contribution in [1.82, 2.24) is 15.1 Å². The molecule has 22 heavy (non-hydrogen) atoms. The average Bonchev–Trinajstić information content (AvgIpc) is 2.50. The van der Waals surface area contributed by atoms with E-state index in [0.29, 0.717) is 32.9 Å². The Bertz CT molecular complexity index is 320. The van der Waals surface area contributed by atoms with Crippen LogP contribution in [0.1, 0.15) is 20.8 Å². The number of methoxy groups -OCH3 is 1. The van der Waals surface area contributed by atoms with Gasteiger partial charge in [-0.3, -0.25) is 9.79 Å². The Labute approximate surface area is 134 Å². The van der Waals surface area contributed by atoms with Crippen LogP contribution in [0.2, 0.25) is 0 Å². The summed E-state index contributed by atoms with van der Waals surface area (Å²) in [6, 6.07) is 0. The molecular weight excluding hydrogens is 284 g/mol. The topological polar surface area (TPSA) is 66.4 Å². The number of nitrogens with one attached hydrogen (secondary N) is 1. The number of carbonyl (C=O) groups is 1. The SMILES string of the molecule is CCNC(=NCCOCCOC)N(C)CC(=O)N(CC)CC. The van der Waals surface area contributed by atoms with Crippen molar-refractivity contribution < 1.29 is 14.3 Å². The third kappa shape index (κ3) is 8.84. The lowest BCUT2D eigenvalue weighted by Gasteiger charge is -2.25. The van der Waals surface area contributed by atoms with Crippen LogP contribution < -0.4 is 5.32 Å². The minimum absolute atomic E-state index is 0.106. The van der Waals surface area contributed by atoms with Gasteiger partial charge in [0.2, 0.25) is 5.91 Å². The van der Waals surface area contributed by atoms with Crippen LogP contribution in [-0.2, 0) is 14.3 Å². The predicted molar refractivity (Wildman–Crippen MR) is 89.2 cm³/mol. The molecule has 1 N–H and O–H groups in total. The summed E-state index contributed by atoms with van der Waals surface area (Å²) in [5, 5.41) is 3.19. The Morgan fingerprint density at radius 2 is 1.82 bits per heavy atom. The minimum Gasteiger partial charge on any atom is -0.382 e. The molecule has 0 unspecified atom stereocenters. The normalized spacial score (nSPS) is 11.4. The van der Waals surface area contributed by atoms with Crippen molar-refractivity contribution in [2.75, 3.05) is 66.7 Å². The molecule has 0 heterocycles. The van der Waals surface area contributed by atoms with Gasteiger partial charge in [0.25, 0.3) is 0 Å². The molecule has 0 aromatic carbocycles. The van der Waals surface area contributed by atoms with Crippen LogP contribution in [0.25, 0.3) is 0 Å². The largest absolute Gasteiger partial charge is 0.382 e. The Morgan fingerprint density at radius 3 is 2.36 bits per heavy atom. The van der Waals surface area contributed by atoms with Crippen LogP contribution in [0.3, 0.4) is 0 Å². The second-order valence-corrected chi connectivity index (χ2v) is 4.76. The second-order valence-electron chi connectivity index (χ2n) is 4.76. The van der Waals surface area contributed by atoms with Crippen LogP contribution in [-0.4, -0.2) is 88.4 Å². The van der Waals surface area contributed by atoms with Gasteiger partial charge in [-0.2, -0.15) is 0 Å². The molecule has 0 aliphatic heterocycles. The van der Waals surface area contributed by atoms with Gasteiger partial charge in [-0.15, -0.1) is 0 Å². The number of hydrogen-bond acceptors (Lipinski definition) is 4. The van der Waals surface area contributed by atoms with Crippen LogP contribution in [0.5, 0.6) is 0 Å². The maximum atomic E-state index is 12.1. The Kier molecular flexibility index (Phi) is 12.5. The van der Waals surface area contributed by atoms with Crippen molar-refractivity contribution in [3.8, 4) is 0 Å². The maximum absolute atomic E-state index is 12.1. The number of carbonyl (C=O) groups excluding carboxylic acids is 1. The van der Waals surface area contributed by atoms with Gasteiger partial charge in [0.05, 0.1) is 32.9 Å². The summed E-state index contributed by atoms with van der Waals surface area (Å²) >= 11 is 0. The molecule has 0 aromatic heterocycles. The zero-order chi connectivity index (χ0) is 16.8.